The van der Waals surface area contributed by atoms with Gasteiger partial charge in [-0.05, 0) is 48.5 Å². The number of hydrogen-bond acceptors (Lipinski definition) is 5. The van der Waals surface area contributed by atoms with E-state index in [-0.39, 0.29) is 19.6 Å². The fourth-order valence-electron chi connectivity index (χ4n) is 3.17. The van der Waals surface area contributed by atoms with Gasteiger partial charge in [0.2, 0.25) is 5.91 Å². The van der Waals surface area contributed by atoms with Crippen molar-refractivity contribution in [2.75, 3.05) is 37.6 Å². The Labute approximate surface area is 173 Å². The van der Waals surface area contributed by atoms with Gasteiger partial charge in [0.25, 0.3) is 5.91 Å². The van der Waals surface area contributed by atoms with E-state index in [1.165, 1.54) is 43.4 Å². The van der Waals surface area contributed by atoms with Gasteiger partial charge in [-0.3, -0.25) is 9.59 Å². The molecule has 4 amide bonds. The van der Waals surface area contributed by atoms with Gasteiger partial charge in [-0.25, -0.2) is 14.1 Å². The second-order valence-electron chi connectivity index (χ2n) is 6.62. The van der Waals surface area contributed by atoms with E-state index in [1.807, 2.05) is 0 Å². The molecule has 0 radical (unpaired) electrons. The van der Waals surface area contributed by atoms with Gasteiger partial charge in [0.1, 0.15) is 17.6 Å². The molecule has 2 aromatic carbocycles. The number of imide groups is 1. The number of methoxy groups -OCH3 is 2. The van der Waals surface area contributed by atoms with Crippen LogP contribution in [0.3, 0.4) is 0 Å². The molecule has 30 heavy (non-hydrogen) atoms. The Hall–Kier alpha value is -3.46. The first-order valence-corrected chi connectivity index (χ1v) is 9.27. The molecule has 1 aliphatic heterocycles. The molecule has 0 aromatic heterocycles. The molecule has 8 nitrogen and oxygen atoms in total. The zero-order chi connectivity index (χ0) is 21.7. The Balaban J connectivity index is 1.79. The van der Waals surface area contributed by atoms with Crippen LogP contribution in [0.25, 0.3) is 0 Å². The maximum absolute atomic E-state index is 13.0. The van der Waals surface area contributed by atoms with Crippen LogP contribution < -0.4 is 15.0 Å². The van der Waals surface area contributed by atoms with E-state index in [4.69, 9.17) is 9.47 Å². The third-order valence-corrected chi connectivity index (χ3v) is 4.69. The van der Waals surface area contributed by atoms with E-state index >= 15 is 0 Å². The van der Waals surface area contributed by atoms with E-state index in [9.17, 15) is 18.8 Å². The van der Waals surface area contributed by atoms with Crippen LogP contribution in [0.15, 0.2) is 48.5 Å². The quantitative estimate of drug-likeness (QED) is 0.670. The molecule has 1 saturated heterocycles. The van der Waals surface area contributed by atoms with Crippen molar-refractivity contribution in [2.24, 2.45) is 0 Å². The number of rotatable bonds is 8. The van der Waals surface area contributed by atoms with E-state index in [0.29, 0.717) is 17.1 Å². The van der Waals surface area contributed by atoms with Crippen molar-refractivity contribution >= 4 is 29.2 Å². The first-order chi connectivity index (χ1) is 14.4. The smallest absolute Gasteiger partial charge is 0.332 e. The van der Waals surface area contributed by atoms with Gasteiger partial charge < -0.3 is 19.7 Å². The number of benzene rings is 2. The Morgan fingerprint density at radius 3 is 2.33 bits per heavy atom. The first-order valence-electron chi connectivity index (χ1n) is 9.27. The molecule has 9 heteroatoms. The molecule has 0 bridgehead atoms. The summed E-state index contributed by atoms with van der Waals surface area (Å²) >= 11 is 0. The molecule has 0 unspecified atom stereocenters. The van der Waals surface area contributed by atoms with Crippen LogP contribution in [0.2, 0.25) is 0 Å². The maximum Gasteiger partial charge on any atom is 0.332 e. The second-order valence-corrected chi connectivity index (χ2v) is 6.62. The molecule has 1 fully saturated rings. The number of carbonyl (C=O) groups excluding carboxylic acids is 3. The van der Waals surface area contributed by atoms with Crippen LogP contribution >= 0.6 is 0 Å². The Bertz CT molecular complexity index is 917. The van der Waals surface area contributed by atoms with E-state index in [0.717, 1.165) is 4.90 Å². The normalized spacial score (nSPS) is 16.2. The van der Waals surface area contributed by atoms with Crippen LogP contribution in [-0.4, -0.2) is 56.2 Å². The SMILES string of the molecule is COCCN1C(=O)N(c2ccc(OC)cc2)C(=O)[C@@H]1CC(=O)Nc1ccc(F)cc1. The first kappa shape index (κ1) is 21.3. The molecule has 1 heterocycles. The Morgan fingerprint density at radius 2 is 1.73 bits per heavy atom. The summed E-state index contributed by atoms with van der Waals surface area (Å²) in [5.74, 6) is -0.808. The topological polar surface area (TPSA) is 88.2 Å². The average Bonchev–Trinajstić information content (AvgIpc) is 2.97. The molecule has 1 atom stereocenters. The van der Waals surface area contributed by atoms with Gasteiger partial charge in [-0.1, -0.05) is 0 Å². The van der Waals surface area contributed by atoms with Crippen LogP contribution in [0.4, 0.5) is 20.6 Å². The lowest BCUT2D eigenvalue weighted by molar-refractivity contribution is -0.124. The number of hydrogen-bond donors (Lipinski definition) is 1. The van der Waals surface area contributed by atoms with Crippen LogP contribution in [0.1, 0.15) is 6.42 Å². The minimum atomic E-state index is -0.977. The molecular weight excluding hydrogens is 393 g/mol. The third-order valence-electron chi connectivity index (χ3n) is 4.69. The van der Waals surface area contributed by atoms with Crippen molar-refractivity contribution in [3.05, 3.63) is 54.3 Å². The summed E-state index contributed by atoms with van der Waals surface area (Å²) < 4.78 is 23.2. The summed E-state index contributed by atoms with van der Waals surface area (Å²) in [6.45, 7) is 0.369. The number of amides is 4. The molecule has 2 aromatic rings. The Morgan fingerprint density at radius 1 is 1.07 bits per heavy atom. The number of anilines is 2. The van der Waals surface area contributed by atoms with Crippen LogP contribution in [0.5, 0.6) is 5.75 Å². The van der Waals surface area contributed by atoms with Gasteiger partial charge in [-0.15, -0.1) is 0 Å². The Kier molecular flexibility index (Phi) is 6.63. The predicted molar refractivity (Wildman–Crippen MR) is 108 cm³/mol. The largest absolute Gasteiger partial charge is 0.497 e. The lowest BCUT2D eigenvalue weighted by Crippen LogP contribution is -2.39. The minimum Gasteiger partial charge on any atom is -0.497 e. The van der Waals surface area contributed by atoms with E-state index < -0.39 is 29.7 Å². The highest BCUT2D eigenvalue weighted by Crippen LogP contribution is 2.28. The second kappa shape index (κ2) is 9.36. The van der Waals surface area contributed by atoms with Crippen molar-refractivity contribution in [3.63, 3.8) is 0 Å². The summed E-state index contributed by atoms with van der Waals surface area (Å²) in [6, 6.07) is 10.3. The van der Waals surface area contributed by atoms with Crippen molar-refractivity contribution in [3.8, 4) is 5.75 Å². The number of nitrogens with one attached hydrogen (secondary N) is 1. The molecule has 1 aliphatic rings. The fourth-order valence-corrected chi connectivity index (χ4v) is 3.17. The van der Waals surface area contributed by atoms with Gasteiger partial charge in [0, 0.05) is 19.3 Å². The van der Waals surface area contributed by atoms with Crippen molar-refractivity contribution in [2.45, 2.75) is 12.5 Å². The highest BCUT2D eigenvalue weighted by Gasteiger charge is 2.46. The summed E-state index contributed by atoms with van der Waals surface area (Å²) in [5.41, 5.74) is 0.781. The molecule has 3 rings (SSSR count). The summed E-state index contributed by atoms with van der Waals surface area (Å²) in [4.78, 5) is 40.8. The lowest BCUT2D eigenvalue weighted by Gasteiger charge is -2.21. The van der Waals surface area contributed by atoms with Gasteiger partial charge in [-0.2, -0.15) is 0 Å². The average molecular weight is 415 g/mol. The molecule has 0 aliphatic carbocycles. The van der Waals surface area contributed by atoms with Crippen LogP contribution in [-0.2, 0) is 14.3 Å². The fraction of sp³-hybridized carbons (Fsp3) is 0.286. The number of carbonyl (C=O) groups is 3. The molecule has 158 valence electrons. The maximum atomic E-state index is 13.0. The van der Waals surface area contributed by atoms with Crippen molar-refractivity contribution in [1.29, 1.82) is 0 Å². The summed E-state index contributed by atoms with van der Waals surface area (Å²) in [6.07, 6.45) is -0.238. The molecular formula is C21H22FN3O5. The van der Waals surface area contributed by atoms with Gasteiger partial charge >= 0.3 is 6.03 Å². The van der Waals surface area contributed by atoms with Crippen molar-refractivity contribution in [1.82, 2.24) is 4.90 Å². The van der Waals surface area contributed by atoms with Gasteiger partial charge in [0.15, 0.2) is 0 Å². The third kappa shape index (κ3) is 4.57. The summed E-state index contributed by atoms with van der Waals surface area (Å²) in [7, 11) is 3.00. The minimum absolute atomic E-state index is 0.155. The highest BCUT2D eigenvalue weighted by molar-refractivity contribution is 6.22. The number of ether oxygens (including phenoxy) is 2. The molecule has 1 N–H and O–H groups in total. The standard InChI is InChI=1S/C21H22FN3O5/c1-29-12-11-24-18(13-19(26)23-15-5-3-14(22)4-6-15)20(27)25(21(24)28)16-7-9-17(30-2)10-8-16/h3-10,18H,11-13H2,1-2H3,(H,23,26)/t18-/m0/s1. The lowest BCUT2D eigenvalue weighted by atomic mass is 10.1. The zero-order valence-corrected chi connectivity index (χ0v) is 16.6. The molecule has 0 saturated carbocycles. The predicted octanol–water partition coefficient (Wildman–Crippen LogP) is 2.65. The summed E-state index contributed by atoms with van der Waals surface area (Å²) in [5, 5.41) is 2.62. The van der Waals surface area contributed by atoms with Gasteiger partial charge in [0.05, 0.1) is 25.8 Å². The number of halogens is 1. The van der Waals surface area contributed by atoms with E-state index in [2.05, 4.69) is 5.32 Å². The highest BCUT2D eigenvalue weighted by atomic mass is 19.1. The monoisotopic (exact) mass is 415 g/mol. The zero-order valence-electron chi connectivity index (χ0n) is 16.6. The molecule has 0 spiro atoms. The van der Waals surface area contributed by atoms with Crippen molar-refractivity contribution < 1.29 is 28.2 Å². The number of urea groups is 1. The van der Waals surface area contributed by atoms with Crippen LogP contribution in [0, 0.1) is 5.82 Å². The number of nitrogens with zero attached hydrogens (tertiary/aromatic N) is 2. The van der Waals surface area contributed by atoms with E-state index in [1.54, 1.807) is 24.3 Å².